The maximum Gasteiger partial charge on any atom is 0.138 e. The van der Waals surface area contributed by atoms with Crippen molar-refractivity contribution in [2.75, 3.05) is 6.54 Å². The van der Waals surface area contributed by atoms with Crippen LogP contribution in [0.5, 0.6) is 0 Å². The molecule has 0 aromatic carbocycles. The summed E-state index contributed by atoms with van der Waals surface area (Å²) in [7, 11) is 0. The lowest BCUT2D eigenvalue weighted by Crippen LogP contribution is -2.24. The second kappa shape index (κ2) is 6.70. The summed E-state index contributed by atoms with van der Waals surface area (Å²) in [5.74, 6) is 2.51. The number of nitrogens with one attached hydrogen (secondary N) is 1. The van der Waals surface area contributed by atoms with Crippen LogP contribution in [0.25, 0.3) is 0 Å². The second-order valence-electron chi connectivity index (χ2n) is 5.56. The largest absolute Gasteiger partial charge is 0.469 e. The zero-order valence-electron chi connectivity index (χ0n) is 12.8. The van der Waals surface area contributed by atoms with Gasteiger partial charge in [-0.1, -0.05) is 20.8 Å². The van der Waals surface area contributed by atoms with Gasteiger partial charge in [0.2, 0.25) is 0 Å². The summed E-state index contributed by atoms with van der Waals surface area (Å²) in [6.07, 6.45) is 4.28. The fourth-order valence-corrected chi connectivity index (χ4v) is 2.33. The topological polar surface area (TPSA) is 55.9 Å². The van der Waals surface area contributed by atoms with Gasteiger partial charge in [-0.25, -0.2) is 9.67 Å². The maximum absolute atomic E-state index is 5.42. The first-order valence-electron chi connectivity index (χ1n) is 7.25. The van der Waals surface area contributed by atoms with Crippen molar-refractivity contribution in [1.82, 2.24) is 20.1 Å². The standard InChI is InChI=1S/C15H24N4O/c1-5-16-14(13-6-12(4)20-9-13)7-15-17-10-18-19(15)8-11(2)3/h6,9-11,14,16H,5,7-8H2,1-4H3. The SMILES string of the molecule is CCNC(Cc1ncnn1CC(C)C)c1coc(C)c1. The fourth-order valence-electron chi connectivity index (χ4n) is 2.33. The van der Waals surface area contributed by atoms with Crippen molar-refractivity contribution < 1.29 is 4.42 Å². The summed E-state index contributed by atoms with van der Waals surface area (Å²) in [5, 5.41) is 7.81. The Kier molecular flexibility index (Phi) is 4.95. The van der Waals surface area contributed by atoms with Crippen molar-refractivity contribution in [3.05, 3.63) is 35.8 Å². The highest BCUT2D eigenvalue weighted by atomic mass is 16.3. The molecule has 5 nitrogen and oxygen atoms in total. The van der Waals surface area contributed by atoms with Crippen LogP contribution in [-0.2, 0) is 13.0 Å². The third-order valence-corrected chi connectivity index (χ3v) is 3.22. The van der Waals surface area contributed by atoms with E-state index in [-0.39, 0.29) is 6.04 Å². The minimum absolute atomic E-state index is 0.215. The van der Waals surface area contributed by atoms with E-state index in [1.54, 1.807) is 6.33 Å². The number of hydrogen-bond donors (Lipinski definition) is 1. The number of nitrogens with zero attached hydrogens (tertiary/aromatic N) is 3. The molecule has 0 aliphatic rings. The minimum atomic E-state index is 0.215. The molecule has 0 spiro atoms. The zero-order chi connectivity index (χ0) is 14.5. The van der Waals surface area contributed by atoms with E-state index in [0.717, 1.165) is 31.1 Å². The van der Waals surface area contributed by atoms with E-state index in [2.05, 4.69) is 42.2 Å². The molecule has 1 N–H and O–H groups in total. The number of rotatable bonds is 7. The first-order chi connectivity index (χ1) is 9.60. The predicted octanol–water partition coefficient (Wildman–Crippen LogP) is 2.73. The van der Waals surface area contributed by atoms with Gasteiger partial charge in [0.05, 0.1) is 6.26 Å². The number of aromatic nitrogens is 3. The molecule has 0 saturated heterocycles. The Morgan fingerprint density at radius 2 is 2.20 bits per heavy atom. The second-order valence-corrected chi connectivity index (χ2v) is 5.56. The minimum Gasteiger partial charge on any atom is -0.469 e. The van der Waals surface area contributed by atoms with E-state index in [9.17, 15) is 0 Å². The molecule has 0 amide bonds. The molecule has 20 heavy (non-hydrogen) atoms. The van der Waals surface area contributed by atoms with Crippen LogP contribution in [0.3, 0.4) is 0 Å². The van der Waals surface area contributed by atoms with Gasteiger partial charge in [0.1, 0.15) is 17.9 Å². The van der Waals surface area contributed by atoms with Gasteiger partial charge in [0.15, 0.2) is 0 Å². The van der Waals surface area contributed by atoms with Gasteiger partial charge in [-0.2, -0.15) is 5.10 Å². The predicted molar refractivity (Wildman–Crippen MR) is 78.4 cm³/mol. The van der Waals surface area contributed by atoms with Gasteiger partial charge in [-0.15, -0.1) is 0 Å². The molecule has 1 atom stereocenters. The van der Waals surface area contributed by atoms with Crippen molar-refractivity contribution in [2.45, 2.75) is 46.7 Å². The fraction of sp³-hybridized carbons (Fsp3) is 0.600. The molecule has 5 heteroatoms. The molecular formula is C15H24N4O. The van der Waals surface area contributed by atoms with Crippen LogP contribution >= 0.6 is 0 Å². The summed E-state index contributed by atoms with van der Waals surface area (Å²) in [5.41, 5.74) is 1.17. The van der Waals surface area contributed by atoms with E-state index in [4.69, 9.17) is 4.42 Å². The molecule has 2 aromatic rings. The van der Waals surface area contributed by atoms with Crippen LogP contribution in [0.15, 0.2) is 23.1 Å². The van der Waals surface area contributed by atoms with E-state index < -0.39 is 0 Å². The summed E-state index contributed by atoms with van der Waals surface area (Å²) in [4.78, 5) is 4.40. The van der Waals surface area contributed by atoms with Crippen molar-refractivity contribution in [3.8, 4) is 0 Å². The van der Waals surface area contributed by atoms with E-state index in [1.165, 1.54) is 5.56 Å². The first kappa shape index (κ1) is 14.8. The van der Waals surface area contributed by atoms with Crippen LogP contribution in [-0.4, -0.2) is 21.3 Å². The van der Waals surface area contributed by atoms with Gasteiger partial charge in [-0.05, 0) is 25.5 Å². The lowest BCUT2D eigenvalue weighted by atomic mass is 10.1. The molecule has 0 fully saturated rings. The van der Waals surface area contributed by atoms with Gasteiger partial charge in [0.25, 0.3) is 0 Å². The number of furan rings is 1. The molecule has 2 aromatic heterocycles. The normalized spacial score (nSPS) is 13.1. The first-order valence-corrected chi connectivity index (χ1v) is 7.25. The summed E-state index contributed by atoms with van der Waals surface area (Å²) >= 11 is 0. The Hall–Kier alpha value is -1.62. The molecule has 2 heterocycles. The Bertz CT molecular complexity index is 529. The van der Waals surface area contributed by atoms with Crippen LogP contribution in [0, 0.1) is 12.8 Å². The highest BCUT2D eigenvalue weighted by molar-refractivity contribution is 5.17. The highest BCUT2D eigenvalue weighted by Gasteiger charge is 2.17. The molecule has 0 saturated carbocycles. The van der Waals surface area contributed by atoms with E-state index in [1.807, 2.05) is 17.9 Å². The number of aryl methyl sites for hydroxylation is 1. The molecule has 0 bridgehead atoms. The summed E-state index contributed by atoms with van der Waals surface area (Å²) < 4.78 is 7.42. The third-order valence-electron chi connectivity index (χ3n) is 3.22. The average molecular weight is 276 g/mol. The summed E-state index contributed by atoms with van der Waals surface area (Å²) in [6.45, 7) is 10.3. The molecule has 0 aliphatic heterocycles. The Morgan fingerprint density at radius 3 is 2.80 bits per heavy atom. The Labute approximate surface area is 120 Å². The zero-order valence-corrected chi connectivity index (χ0v) is 12.8. The molecular weight excluding hydrogens is 252 g/mol. The van der Waals surface area contributed by atoms with Gasteiger partial charge in [-0.3, -0.25) is 0 Å². The van der Waals surface area contributed by atoms with Crippen molar-refractivity contribution >= 4 is 0 Å². The Balaban J connectivity index is 2.14. The van der Waals surface area contributed by atoms with Gasteiger partial charge >= 0.3 is 0 Å². The maximum atomic E-state index is 5.42. The molecule has 0 aliphatic carbocycles. The van der Waals surface area contributed by atoms with Crippen molar-refractivity contribution in [3.63, 3.8) is 0 Å². The monoisotopic (exact) mass is 276 g/mol. The molecule has 0 radical (unpaired) electrons. The van der Waals surface area contributed by atoms with Crippen LogP contribution in [0.4, 0.5) is 0 Å². The van der Waals surface area contributed by atoms with Crippen molar-refractivity contribution in [1.29, 1.82) is 0 Å². The highest BCUT2D eigenvalue weighted by Crippen LogP contribution is 2.20. The molecule has 110 valence electrons. The quantitative estimate of drug-likeness (QED) is 0.845. The van der Waals surface area contributed by atoms with Crippen LogP contribution in [0.2, 0.25) is 0 Å². The Morgan fingerprint density at radius 1 is 1.40 bits per heavy atom. The van der Waals surface area contributed by atoms with Crippen molar-refractivity contribution in [2.24, 2.45) is 5.92 Å². The van der Waals surface area contributed by atoms with E-state index >= 15 is 0 Å². The number of likely N-dealkylation sites (N-methyl/N-ethyl adjacent to an activating group) is 1. The summed E-state index contributed by atoms with van der Waals surface area (Å²) in [6, 6.07) is 2.30. The number of hydrogen-bond acceptors (Lipinski definition) is 4. The van der Waals surface area contributed by atoms with E-state index in [0.29, 0.717) is 5.92 Å². The van der Waals surface area contributed by atoms with Crippen LogP contribution < -0.4 is 5.32 Å². The lowest BCUT2D eigenvalue weighted by Gasteiger charge is -2.17. The third kappa shape index (κ3) is 3.70. The van der Waals surface area contributed by atoms with Gasteiger partial charge < -0.3 is 9.73 Å². The molecule has 1 unspecified atom stereocenters. The molecule has 2 rings (SSSR count). The smallest absolute Gasteiger partial charge is 0.138 e. The van der Waals surface area contributed by atoms with Gasteiger partial charge in [0, 0.05) is 24.6 Å². The lowest BCUT2D eigenvalue weighted by molar-refractivity contribution is 0.445. The van der Waals surface area contributed by atoms with Crippen LogP contribution in [0.1, 0.15) is 44.0 Å². The average Bonchev–Trinajstić information content (AvgIpc) is 2.98.